The predicted octanol–water partition coefficient (Wildman–Crippen LogP) is 4.00. The molecule has 13 saturated carbocycles. The molecule has 0 radical (unpaired) electrons. The van der Waals surface area contributed by atoms with Crippen LogP contribution in [0.1, 0.15) is 11.5 Å². The van der Waals surface area contributed by atoms with E-state index in [-0.39, 0.29) is 0 Å². The molecule has 13 aliphatic rings. The van der Waals surface area contributed by atoms with E-state index in [0.717, 1.165) is 16.7 Å². The second-order valence-corrected chi connectivity index (χ2v) is 13.9. The topological polar surface area (TPSA) is 0 Å². The van der Waals surface area contributed by atoms with Crippen molar-refractivity contribution in [3.63, 3.8) is 0 Å². The highest BCUT2D eigenvalue weighted by Crippen LogP contribution is 3.15. The van der Waals surface area contributed by atoms with Gasteiger partial charge < -0.3 is 0 Å². The third-order valence-corrected chi connectivity index (χ3v) is 15.8. The Morgan fingerprint density at radius 1 is 0.407 bits per heavy atom. The first-order chi connectivity index (χ1) is 13.5. The van der Waals surface area contributed by atoms with Crippen LogP contribution in [0.15, 0.2) is 30.3 Å². The van der Waals surface area contributed by atoms with E-state index in [2.05, 4.69) is 30.3 Å². The van der Waals surface area contributed by atoms with Crippen molar-refractivity contribution in [2.75, 3.05) is 0 Å². The molecule has 12 unspecified atom stereocenters. The average Bonchev–Trinajstić information content (AvgIpc) is 3.35. The quantitative estimate of drug-likeness (QED) is 0.720. The minimum absolute atomic E-state index is 0.868. The standard InChI is InChI=1S/C27H24/c1-2-4-6(5-3-1)25-26-21-15-9-7-8-11-13(9)19(21)23-17(11)18-12(8)14-10(7)16(15)22(26)20(14)24(18)27(23,25)26/h1-5,7-25H. The Bertz CT molecular complexity index is 956. The molecule has 0 aromatic heterocycles. The monoisotopic (exact) mass is 348 g/mol. The largest absolute Gasteiger partial charge is 0.0622 e. The Labute approximate surface area is 159 Å². The van der Waals surface area contributed by atoms with Crippen molar-refractivity contribution in [1.82, 2.24) is 0 Å². The van der Waals surface area contributed by atoms with Gasteiger partial charge in [0.1, 0.15) is 0 Å². The van der Waals surface area contributed by atoms with Gasteiger partial charge in [-0.05, 0) is 129 Å². The molecule has 1 aromatic rings. The van der Waals surface area contributed by atoms with E-state index >= 15 is 0 Å². The molecule has 0 aliphatic heterocycles. The SMILES string of the molecule is c1ccc(C2C34C5C6C7C8C9C%10C7C5C5C%10C7C9C9C8C6C3C9C7C524)cc1. The van der Waals surface area contributed by atoms with Crippen LogP contribution in [0.3, 0.4) is 0 Å². The summed E-state index contributed by atoms with van der Waals surface area (Å²) in [4.78, 5) is 0. The first-order valence-corrected chi connectivity index (χ1v) is 12.5. The molecule has 0 nitrogen and oxygen atoms in total. The lowest BCUT2D eigenvalue weighted by Gasteiger charge is -2.36. The molecular weight excluding hydrogens is 324 g/mol. The lowest BCUT2D eigenvalue weighted by atomic mass is 9.68. The molecule has 0 heteroatoms. The van der Waals surface area contributed by atoms with E-state index in [9.17, 15) is 0 Å². The molecule has 1 aromatic carbocycles. The summed E-state index contributed by atoms with van der Waals surface area (Å²) < 4.78 is 0. The highest BCUT2D eigenvalue weighted by Gasteiger charge is 3.11. The van der Waals surface area contributed by atoms with E-state index in [1.54, 1.807) is 0 Å². The van der Waals surface area contributed by atoms with Crippen molar-refractivity contribution in [2.45, 2.75) is 5.92 Å². The second-order valence-electron chi connectivity index (χ2n) is 13.9. The Morgan fingerprint density at radius 3 is 1.22 bits per heavy atom. The second kappa shape index (κ2) is 2.55. The van der Waals surface area contributed by atoms with Crippen molar-refractivity contribution in [3.8, 4) is 0 Å². The fourth-order valence-corrected chi connectivity index (χ4v) is 18.2. The molecule has 0 bridgehead atoms. The zero-order valence-electron chi connectivity index (χ0n) is 15.4. The fourth-order valence-electron chi connectivity index (χ4n) is 18.2. The number of hydrogen-bond donors (Lipinski definition) is 0. The molecular formula is C27H24. The van der Waals surface area contributed by atoms with E-state index in [1.807, 2.05) is 5.56 Å². The van der Waals surface area contributed by atoms with Crippen LogP contribution in [0.5, 0.6) is 0 Å². The van der Waals surface area contributed by atoms with Crippen LogP contribution in [0.4, 0.5) is 0 Å². The summed E-state index contributed by atoms with van der Waals surface area (Å²) in [6.45, 7) is 0. The normalized spacial score (nSPS) is 92.4. The summed E-state index contributed by atoms with van der Waals surface area (Å²) in [5.41, 5.74) is 3.55. The van der Waals surface area contributed by atoms with Gasteiger partial charge in [0.15, 0.2) is 0 Å². The number of hydrogen-bond acceptors (Lipinski definition) is 0. The lowest BCUT2D eigenvalue weighted by Crippen LogP contribution is -2.32. The number of benzene rings is 1. The molecule has 14 rings (SSSR count). The summed E-state index contributed by atoms with van der Waals surface area (Å²) in [7, 11) is 0. The highest BCUT2D eigenvalue weighted by molar-refractivity contribution is 5.61. The van der Waals surface area contributed by atoms with Gasteiger partial charge in [-0.2, -0.15) is 0 Å². The maximum absolute atomic E-state index is 2.57. The molecule has 27 heavy (non-hydrogen) atoms. The van der Waals surface area contributed by atoms with Crippen LogP contribution in [0, 0.1) is 117 Å². The summed E-state index contributed by atoms with van der Waals surface area (Å²) in [5.74, 6) is 23.8. The van der Waals surface area contributed by atoms with Crippen LogP contribution >= 0.6 is 0 Å². The van der Waals surface area contributed by atoms with Crippen molar-refractivity contribution in [3.05, 3.63) is 35.9 Å². The van der Waals surface area contributed by atoms with Crippen LogP contribution in [0.2, 0.25) is 0 Å². The minimum atomic E-state index is 0.868. The van der Waals surface area contributed by atoms with Crippen LogP contribution in [-0.2, 0) is 0 Å². The molecule has 12 atom stereocenters. The van der Waals surface area contributed by atoms with Crippen LogP contribution < -0.4 is 0 Å². The highest BCUT2D eigenvalue weighted by atomic mass is 15.1. The average molecular weight is 348 g/mol. The smallest absolute Gasteiger partial charge is 0.00258 e. The molecule has 0 saturated heterocycles. The minimum Gasteiger partial charge on any atom is -0.0622 e. The van der Waals surface area contributed by atoms with Crippen LogP contribution in [0.25, 0.3) is 0 Å². The molecule has 2 spiro atoms. The number of rotatable bonds is 1. The van der Waals surface area contributed by atoms with Crippen molar-refractivity contribution in [1.29, 1.82) is 0 Å². The molecule has 13 fully saturated rings. The third kappa shape index (κ3) is 0.572. The van der Waals surface area contributed by atoms with Gasteiger partial charge in [-0.3, -0.25) is 0 Å². The van der Waals surface area contributed by atoms with E-state index in [1.165, 1.54) is 107 Å². The van der Waals surface area contributed by atoms with Gasteiger partial charge in [-0.15, -0.1) is 0 Å². The third-order valence-electron chi connectivity index (χ3n) is 15.8. The predicted molar refractivity (Wildman–Crippen MR) is 96.9 cm³/mol. The van der Waals surface area contributed by atoms with Gasteiger partial charge in [0.2, 0.25) is 0 Å². The first-order valence-electron chi connectivity index (χ1n) is 12.5. The van der Waals surface area contributed by atoms with Gasteiger partial charge in [-0.25, -0.2) is 0 Å². The first kappa shape index (κ1) is 11.4. The van der Waals surface area contributed by atoms with E-state index in [0.29, 0.717) is 0 Å². The van der Waals surface area contributed by atoms with Crippen molar-refractivity contribution < 1.29 is 0 Å². The Balaban J connectivity index is 1.27. The molecule has 0 amide bonds. The van der Waals surface area contributed by atoms with E-state index in [4.69, 9.17) is 0 Å². The Kier molecular flexibility index (Phi) is 1.08. The maximum Gasteiger partial charge on any atom is -0.00258 e. The maximum atomic E-state index is 2.57. The molecule has 0 heterocycles. The molecule has 13 aliphatic carbocycles. The summed E-state index contributed by atoms with van der Waals surface area (Å²) in [6.07, 6.45) is 0. The Morgan fingerprint density at radius 2 is 0.778 bits per heavy atom. The van der Waals surface area contributed by atoms with Crippen molar-refractivity contribution >= 4 is 0 Å². The van der Waals surface area contributed by atoms with Gasteiger partial charge in [0.25, 0.3) is 0 Å². The lowest BCUT2D eigenvalue weighted by molar-refractivity contribution is 0.131. The molecule has 0 N–H and O–H groups in total. The van der Waals surface area contributed by atoms with Gasteiger partial charge >= 0.3 is 0 Å². The zero-order valence-corrected chi connectivity index (χ0v) is 15.4. The van der Waals surface area contributed by atoms with Crippen molar-refractivity contribution in [2.24, 2.45) is 117 Å². The Hall–Kier alpha value is -0.780. The van der Waals surface area contributed by atoms with Gasteiger partial charge in [0, 0.05) is 0 Å². The summed E-state index contributed by atoms with van der Waals surface area (Å²) in [5, 5.41) is 0. The van der Waals surface area contributed by atoms with Crippen LogP contribution in [-0.4, -0.2) is 0 Å². The summed E-state index contributed by atoms with van der Waals surface area (Å²) >= 11 is 0. The zero-order chi connectivity index (χ0) is 16.1. The fraction of sp³-hybridized carbons (Fsp3) is 0.778. The van der Waals surface area contributed by atoms with E-state index < -0.39 is 0 Å². The molecule has 132 valence electrons. The van der Waals surface area contributed by atoms with Gasteiger partial charge in [-0.1, -0.05) is 30.3 Å². The van der Waals surface area contributed by atoms with Gasteiger partial charge in [0.05, 0.1) is 0 Å². The summed E-state index contributed by atoms with van der Waals surface area (Å²) in [6, 6.07) is 12.2.